The first-order valence-electron chi connectivity index (χ1n) is 10.3. The molecule has 160 valence electrons. The second-order valence-corrected chi connectivity index (χ2v) is 8.10. The highest BCUT2D eigenvalue weighted by atomic mass is 16.5. The first-order valence-corrected chi connectivity index (χ1v) is 10.3. The van der Waals surface area contributed by atoms with Crippen molar-refractivity contribution in [1.82, 2.24) is 4.90 Å². The molecule has 2 aromatic carbocycles. The first-order chi connectivity index (χ1) is 15.0. The summed E-state index contributed by atoms with van der Waals surface area (Å²) in [4.78, 5) is 26.3. The summed E-state index contributed by atoms with van der Waals surface area (Å²) in [6.45, 7) is 1.15. The molecule has 0 radical (unpaired) electrons. The van der Waals surface area contributed by atoms with Crippen LogP contribution in [0.3, 0.4) is 0 Å². The third-order valence-electron chi connectivity index (χ3n) is 6.21. The van der Waals surface area contributed by atoms with Crippen LogP contribution in [0, 0.1) is 23.2 Å². The lowest BCUT2D eigenvalue weighted by atomic mass is 9.78. The lowest BCUT2D eigenvalue weighted by Gasteiger charge is -2.35. The molecule has 0 spiro atoms. The van der Waals surface area contributed by atoms with Gasteiger partial charge in [-0.15, -0.1) is 0 Å². The van der Waals surface area contributed by atoms with Crippen LogP contribution in [0.4, 0.5) is 0 Å². The van der Waals surface area contributed by atoms with Gasteiger partial charge in [0, 0.05) is 13.1 Å². The number of hydrogen-bond donors (Lipinski definition) is 1. The maximum absolute atomic E-state index is 13.0. The van der Waals surface area contributed by atoms with Crippen molar-refractivity contribution < 1.29 is 24.2 Å². The van der Waals surface area contributed by atoms with Crippen molar-refractivity contribution in [3.05, 3.63) is 65.2 Å². The van der Waals surface area contributed by atoms with E-state index in [9.17, 15) is 20.0 Å². The number of benzene rings is 2. The van der Waals surface area contributed by atoms with Gasteiger partial charge in [0.1, 0.15) is 11.9 Å². The molecule has 1 saturated heterocycles. The van der Waals surface area contributed by atoms with Gasteiger partial charge in [-0.2, -0.15) is 5.26 Å². The Balaban J connectivity index is 1.42. The summed E-state index contributed by atoms with van der Waals surface area (Å²) in [5.41, 5.74) is 1.23. The number of aliphatic hydroxyl groups is 1. The van der Waals surface area contributed by atoms with E-state index in [0.29, 0.717) is 48.4 Å². The number of aliphatic hydroxyl groups excluding tert-OH is 1. The van der Waals surface area contributed by atoms with E-state index in [0.717, 1.165) is 0 Å². The summed E-state index contributed by atoms with van der Waals surface area (Å²) in [5.74, 6) is 0.442. The van der Waals surface area contributed by atoms with E-state index in [1.165, 1.54) is 7.11 Å². The molecular weight excluding hydrogens is 396 g/mol. The lowest BCUT2D eigenvalue weighted by Crippen LogP contribution is -2.42. The van der Waals surface area contributed by atoms with Crippen LogP contribution in [0.25, 0.3) is 0 Å². The fourth-order valence-electron chi connectivity index (χ4n) is 4.58. The van der Waals surface area contributed by atoms with Gasteiger partial charge in [0.2, 0.25) is 0 Å². The van der Waals surface area contributed by atoms with Gasteiger partial charge >= 0.3 is 5.97 Å². The van der Waals surface area contributed by atoms with Crippen molar-refractivity contribution >= 4 is 11.9 Å². The van der Waals surface area contributed by atoms with Crippen molar-refractivity contribution in [2.75, 3.05) is 20.2 Å². The molecule has 1 amide bonds. The summed E-state index contributed by atoms with van der Waals surface area (Å²) >= 11 is 0. The normalized spacial score (nSPS) is 24.7. The summed E-state index contributed by atoms with van der Waals surface area (Å²) < 4.78 is 10.7. The molecule has 7 heteroatoms. The summed E-state index contributed by atoms with van der Waals surface area (Å²) in [5, 5.41) is 19.9. The molecule has 2 aliphatic rings. The topological polar surface area (TPSA) is 99.9 Å². The highest BCUT2D eigenvalue weighted by Gasteiger charge is 2.44. The smallest absolute Gasteiger partial charge is 0.337 e. The zero-order chi connectivity index (χ0) is 22.0. The number of rotatable bonds is 4. The van der Waals surface area contributed by atoms with Crippen molar-refractivity contribution in [2.45, 2.75) is 25.0 Å². The Morgan fingerprint density at radius 1 is 1.06 bits per heavy atom. The van der Waals surface area contributed by atoms with Crippen LogP contribution in [-0.2, 0) is 4.74 Å². The minimum absolute atomic E-state index is 0.142. The Morgan fingerprint density at radius 3 is 2.42 bits per heavy atom. The highest BCUT2D eigenvalue weighted by Crippen LogP contribution is 2.38. The quantitative estimate of drug-likeness (QED) is 0.764. The van der Waals surface area contributed by atoms with E-state index in [1.807, 2.05) is 0 Å². The largest absolute Gasteiger partial charge is 0.488 e. The molecule has 1 heterocycles. The fourth-order valence-corrected chi connectivity index (χ4v) is 4.58. The SMILES string of the molecule is COC(=O)c1ccc(O[C@@H]2C[C@@H]3CN(C(=O)c4ccccc4C#N)C[C@@H]3C[C@H]2O)cc1. The third kappa shape index (κ3) is 4.25. The zero-order valence-electron chi connectivity index (χ0n) is 17.2. The van der Waals surface area contributed by atoms with Crippen LogP contribution in [0.2, 0.25) is 0 Å². The molecule has 0 bridgehead atoms. The second kappa shape index (κ2) is 8.78. The van der Waals surface area contributed by atoms with Crippen molar-refractivity contribution in [3.8, 4) is 11.8 Å². The maximum Gasteiger partial charge on any atom is 0.337 e. The molecule has 7 nitrogen and oxygen atoms in total. The van der Waals surface area contributed by atoms with Crippen LogP contribution >= 0.6 is 0 Å². The van der Waals surface area contributed by atoms with Crippen LogP contribution in [0.5, 0.6) is 5.75 Å². The summed E-state index contributed by atoms with van der Waals surface area (Å²) in [7, 11) is 1.33. The number of methoxy groups -OCH3 is 1. The number of fused-ring (bicyclic) bond motifs is 1. The Bertz CT molecular complexity index is 1010. The predicted molar refractivity (Wildman–Crippen MR) is 111 cm³/mol. The average molecular weight is 420 g/mol. The van der Waals surface area contributed by atoms with E-state index in [2.05, 4.69) is 6.07 Å². The first kappa shape index (κ1) is 20.9. The van der Waals surface area contributed by atoms with Crippen LogP contribution in [0.15, 0.2) is 48.5 Å². The standard InChI is InChI=1S/C24H24N2O5/c1-30-24(29)15-6-8-19(9-7-15)31-22-11-18-14-26(13-17(18)10-21(22)27)23(28)20-5-3-2-4-16(20)12-25/h2-9,17-18,21-22,27H,10-11,13-14H2,1H3/t17-,18+,21+,22+/m0/s1. The molecule has 4 atom stereocenters. The minimum Gasteiger partial charge on any atom is -0.488 e. The third-order valence-corrected chi connectivity index (χ3v) is 6.21. The molecule has 1 N–H and O–H groups in total. The lowest BCUT2D eigenvalue weighted by molar-refractivity contribution is -0.0231. The maximum atomic E-state index is 13.0. The van der Waals surface area contributed by atoms with Gasteiger partial charge in [-0.25, -0.2) is 4.79 Å². The molecule has 0 aromatic heterocycles. The minimum atomic E-state index is -0.636. The van der Waals surface area contributed by atoms with Crippen molar-refractivity contribution in [2.24, 2.45) is 11.8 Å². The number of likely N-dealkylation sites (tertiary alicyclic amines) is 1. The Labute approximate surface area is 180 Å². The number of carbonyl (C=O) groups is 2. The monoisotopic (exact) mass is 420 g/mol. The number of nitriles is 1. The number of ether oxygens (including phenoxy) is 2. The van der Waals surface area contributed by atoms with E-state index >= 15 is 0 Å². The van der Waals surface area contributed by atoms with E-state index < -0.39 is 12.1 Å². The van der Waals surface area contributed by atoms with E-state index in [4.69, 9.17) is 9.47 Å². The molecule has 1 aliphatic heterocycles. The number of nitrogens with zero attached hydrogens (tertiary/aromatic N) is 2. The predicted octanol–water partition coefficient (Wildman–Crippen LogP) is 2.64. The number of hydrogen-bond acceptors (Lipinski definition) is 6. The second-order valence-electron chi connectivity index (χ2n) is 8.10. The van der Waals surface area contributed by atoms with Gasteiger partial charge in [-0.3, -0.25) is 4.79 Å². The molecular formula is C24H24N2O5. The van der Waals surface area contributed by atoms with Crippen molar-refractivity contribution in [3.63, 3.8) is 0 Å². The van der Waals surface area contributed by atoms with Crippen LogP contribution < -0.4 is 4.74 Å². The van der Waals surface area contributed by atoms with Crippen LogP contribution in [0.1, 0.15) is 39.1 Å². The van der Waals surface area contributed by atoms with Gasteiger partial charge in [0.25, 0.3) is 5.91 Å². The number of carbonyl (C=O) groups excluding carboxylic acids is 2. The number of esters is 1. The molecule has 2 fully saturated rings. The van der Waals surface area contributed by atoms with Gasteiger partial charge in [-0.05, 0) is 61.1 Å². The Morgan fingerprint density at radius 2 is 1.74 bits per heavy atom. The molecule has 0 unspecified atom stereocenters. The molecule has 31 heavy (non-hydrogen) atoms. The van der Waals surface area contributed by atoms with Gasteiger partial charge in [-0.1, -0.05) is 12.1 Å². The van der Waals surface area contributed by atoms with Crippen molar-refractivity contribution in [1.29, 1.82) is 5.26 Å². The Hall–Kier alpha value is -3.37. The molecule has 2 aromatic rings. The molecule has 1 aliphatic carbocycles. The molecule has 1 saturated carbocycles. The number of amides is 1. The van der Waals surface area contributed by atoms with Gasteiger partial charge < -0.3 is 19.5 Å². The summed E-state index contributed by atoms with van der Waals surface area (Å²) in [6, 6.07) is 15.5. The average Bonchev–Trinajstić information content (AvgIpc) is 3.21. The van der Waals surface area contributed by atoms with Crippen LogP contribution in [-0.4, -0.2) is 54.3 Å². The van der Waals surface area contributed by atoms with E-state index in [1.54, 1.807) is 53.4 Å². The van der Waals surface area contributed by atoms with Gasteiger partial charge in [0.15, 0.2) is 0 Å². The fraction of sp³-hybridized carbons (Fsp3) is 0.375. The summed E-state index contributed by atoms with van der Waals surface area (Å²) in [6.07, 6.45) is 0.169. The highest BCUT2D eigenvalue weighted by molar-refractivity contribution is 5.96. The van der Waals surface area contributed by atoms with E-state index in [-0.39, 0.29) is 23.8 Å². The Kier molecular flexibility index (Phi) is 5.92. The van der Waals surface area contributed by atoms with Gasteiger partial charge in [0.05, 0.1) is 36.0 Å². The molecule has 4 rings (SSSR count). The zero-order valence-corrected chi connectivity index (χ0v) is 17.2.